The van der Waals surface area contributed by atoms with Crippen LogP contribution in [0, 0.1) is 6.92 Å². The first-order valence-corrected chi connectivity index (χ1v) is 10.3. The Morgan fingerprint density at radius 2 is 1.97 bits per heavy atom. The van der Waals surface area contributed by atoms with Gasteiger partial charge in [0.25, 0.3) is 0 Å². The van der Waals surface area contributed by atoms with Gasteiger partial charge in [-0.2, -0.15) is 5.10 Å². The van der Waals surface area contributed by atoms with Crippen molar-refractivity contribution in [2.24, 2.45) is 5.10 Å². The van der Waals surface area contributed by atoms with Crippen LogP contribution in [0.15, 0.2) is 41.5 Å². The number of thiophene rings is 1. The van der Waals surface area contributed by atoms with Crippen LogP contribution in [0.1, 0.15) is 47.0 Å². The highest BCUT2D eigenvalue weighted by atomic mass is 32.1. The largest absolute Gasteiger partial charge is 0.462 e. The summed E-state index contributed by atoms with van der Waals surface area (Å²) >= 11 is 1.17. The predicted molar refractivity (Wildman–Crippen MR) is 112 cm³/mol. The fourth-order valence-corrected chi connectivity index (χ4v) is 3.95. The van der Waals surface area contributed by atoms with Crippen LogP contribution in [0.2, 0.25) is 0 Å². The molecule has 0 atom stereocenters. The second-order valence-corrected chi connectivity index (χ2v) is 7.62. The zero-order chi connectivity index (χ0) is 20.8. The monoisotopic (exact) mass is 413 g/mol. The van der Waals surface area contributed by atoms with E-state index in [1.807, 2.05) is 30.3 Å². The topological polar surface area (TPSA) is 88.1 Å². The zero-order valence-corrected chi connectivity index (χ0v) is 17.3. The fraction of sp³-hybridized carbons (Fsp3) is 0.333. The number of carbonyl (C=O) groups is 3. The molecule has 2 heterocycles. The van der Waals surface area contributed by atoms with Crippen LogP contribution in [0.3, 0.4) is 0 Å². The fourth-order valence-electron chi connectivity index (χ4n) is 2.96. The van der Waals surface area contributed by atoms with E-state index in [0.717, 1.165) is 16.8 Å². The lowest BCUT2D eigenvalue weighted by Gasteiger charge is -2.11. The second-order valence-electron chi connectivity index (χ2n) is 6.57. The van der Waals surface area contributed by atoms with Crippen molar-refractivity contribution >= 4 is 39.8 Å². The van der Waals surface area contributed by atoms with E-state index >= 15 is 0 Å². The third-order valence-corrected chi connectivity index (χ3v) is 5.54. The van der Waals surface area contributed by atoms with Crippen LogP contribution >= 0.6 is 11.3 Å². The predicted octanol–water partition coefficient (Wildman–Crippen LogP) is 3.59. The van der Waals surface area contributed by atoms with Gasteiger partial charge >= 0.3 is 5.97 Å². The standard InChI is InChI=1S/C21H23N3O4S/c1-3-28-21(27)20-14(2)13-18(29-20)22-17(25)9-10-19(26)24-12-11-16(23-24)15-7-5-4-6-8-15/h4-8,13H,3,9-12H2,1-2H3,(H,22,25). The molecule has 1 N–H and O–H groups in total. The van der Waals surface area contributed by atoms with Gasteiger partial charge in [-0.25, -0.2) is 9.80 Å². The summed E-state index contributed by atoms with van der Waals surface area (Å²) in [5.74, 6) is -0.853. The lowest BCUT2D eigenvalue weighted by Crippen LogP contribution is -2.24. The number of anilines is 1. The highest BCUT2D eigenvalue weighted by Gasteiger charge is 2.22. The van der Waals surface area contributed by atoms with Crippen molar-refractivity contribution < 1.29 is 19.1 Å². The number of nitrogens with zero attached hydrogens (tertiary/aromatic N) is 2. The molecule has 0 saturated heterocycles. The maximum absolute atomic E-state index is 12.4. The summed E-state index contributed by atoms with van der Waals surface area (Å²) in [5.41, 5.74) is 2.63. The molecule has 0 fully saturated rings. The molecule has 152 valence electrons. The van der Waals surface area contributed by atoms with Gasteiger partial charge in [-0.1, -0.05) is 30.3 Å². The Morgan fingerprint density at radius 1 is 1.21 bits per heavy atom. The molecule has 1 aromatic heterocycles. The number of ether oxygens (including phenoxy) is 1. The number of hydrogen-bond acceptors (Lipinski definition) is 6. The Morgan fingerprint density at radius 3 is 2.69 bits per heavy atom. The van der Waals surface area contributed by atoms with E-state index < -0.39 is 5.97 Å². The number of amides is 2. The first-order chi connectivity index (χ1) is 14.0. The molecule has 0 unspecified atom stereocenters. The maximum atomic E-state index is 12.4. The van der Waals surface area contributed by atoms with Crippen LogP contribution in [0.25, 0.3) is 0 Å². The summed E-state index contributed by atoms with van der Waals surface area (Å²) < 4.78 is 5.00. The summed E-state index contributed by atoms with van der Waals surface area (Å²) in [7, 11) is 0. The Bertz CT molecular complexity index is 937. The van der Waals surface area contributed by atoms with Crippen molar-refractivity contribution in [2.45, 2.75) is 33.1 Å². The molecule has 7 nitrogen and oxygen atoms in total. The number of nitrogens with one attached hydrogen (secondary N) is 1. The van der Waals surface area contributed by atoms with Gasteiger partial charge in [0.15, 0.2) is 0 Å². The minimum absolute atomic E-state index is 0.0528. The number of rotatable bonds is 7. The molecule has 0 spiro atoms. The minimum atomic E-state index is -0.396. The highest BCUT2D eigenvalue weighted by molar-refractivity contribution is 7.18. The van der Waals surface area contributed by atoms with Crippen LogP contribution < -0.4 is 5.32 Å². The Kier molecular flexibility index (Phi) is 6.77. The maximum Gasteiger partial charge on any atom is 0.348 e. The molecule has 0 bridgehead atoms. The first kappa shape index (κ1) is 20.7. The van der Waals surface area contributed by atoms with Crippen molar-refractivity contribution in [3.8, 4) is 0 Å². The number of benzene rings is 1. The molecule has 3 rings (SSSR count). The summed E-state index contributed by atoms with van der Waals surface area (Å²) in [6.45, 7) is 4.36. The SMILES string of the molecule is CCOC(=O)c1sc(NC(=O)CCC(=O)N2CCC(c3ccccc3)=N2)cc1C. The lowest BCUT2D eigenvalue weighted by molar-refractivity contribution is -0.132. The van der Waals surface area contributed by atoms with Crippen molar-refractivity contribution in [1.29, 1.82) is 0 Å². The average Bonchev–Trinajstić information content (AvgIpc) is 3.34. The lowest BCUT2D eigenvalue weighted by atomic mass is 10.1. The first-order valence-electron chi connectivity index (χ1n) is 9.48. The van der Waals surface area contributed by atoms with E-state index in [1.165, 1.54) is 16.3 Å². The summed E-state index contributed by atoms with van der Waals surface area (Å²) in [6.07, 6.45) is 0.830. The molecule has 1 aromatic carbocycles. The van der Waals surface area contributed by atoms with Gasteiger partial charge < -0.3 is 10.1 Å². The molecule has 0 aliphatic carbocycles. The van der Waals surface area contributed by atoms with E-state index in [4.69, 9.17) is 4.74 Å². The van der Waals surface area contributed by atoms with Gasteiger partial charge in [0.05, 0.1) is 23.9 Å². The molecule has 2 amide bonds. The molecule has 8 heteroatoms. The van der Waals surface area contributed by atoms with Gasteiger partial charge in [0, 0.05) is 19.3 Å². The van der Waals surface area contributed by atoms with Crippen LogP contribution in [-0.2, 0) is 14.3 Å². The highest BCUT2D eigenvalue weighted by Crippen LogP contribution is 2.27. The van der Waals surface area contributed by atoms with Gasteiger partial charge in [-0.05, 0) is 31.0 Å². The third-order valence-electron chi connectivity index (χ3n) is 4.40. The van der Waals surface area contributed by atoms with Gasteiger partial charge in [0.2, 0.25) is 11.8 Å². The molecule has 0 saturated carbocycles. The molecular formula is C21H23N3O4S. The van der Waals surface area contributed by atoms with Crippen molar-refractivity contribution in [3.63, 3.8) is 0 Å². The Hall–Kier alpha value is -3.00. The summed E-state index contributed by atoms with van der Waals surface area (Å²) in [4.78, 5) is 36.9. The molecular weight excluding hydrogens is 390 g/mol. The Balaban J connectivity index is 1.51. The van der Waals surface area contributed by atoms with Crippen molar-refractivity contribution in [1.82, 2.24) is 5.01 Å². The smallest absolute Gasteiger partial charge is 0.348 e. The number of esters is 1. The number of carbonyl (C=O) groups excluding carboxylic acids is 3. The normalized spacial score (nSPS) is 13.2. The number of hydrogen-bond donors (Lipinski definition) is 1. The second kappa shape index (κ2) is 9.47. The van der Waals surface area contributed by atoms with Crippen LogP contribution in [-0.4, -0.2) is 41.7 Å². The summed E-state index contributed by atoms with van der Waals surface area (Å²) in [5, 5.41) is 9.14. The van der Waals surface area contributed by atoms with Gasteiger partial charge in [-0.15, -0.1) is 11.3 Å². The summed E-state index contributed by atoms with van der Waals surface area (Å²) in [6, 6.07) is 11.5. The Labute approximate surface area is 173 Å². The van der Waals surface area contributed by atoms with E-state index in [-0.39, 0.29) is 24.7 Å². The van der Waals surface area contributed by atoms with E-state index in [9.17, 15) is 14.4 Å². The van der Waals surface area contributed by atoms with E-state index in [0.29, 0.717) is 29.5 Å². The molecule has 2 aromatic rings. The molecule has 1 aliphatic rings. The van der Waals surface area contributed by atoms with Gasteiger partial charge in [-0.3, -0.25) is 9.59 Å². The number of aryl methyl sites for hydroxylation is 1. The average molecular weight is 413 g/mol. The number of hydrazone groups is 1. The minimum Gasteiger partial charge on any atom is -0.462 e. The molecule has 0 radical (unpaired) electrons. The van der Waals surface area contributed by atoms with Crippen molar-refractivity contribution in [2.75, 3.05) is 18.5 Å². The van der Waals surface area contributed by atoms with Crippen molar-refractivity contribution in [3.05, 3.63) is 52.4 Å². The molecule has 1 aliphatic heterocycles. The van der Waals surface area contributed by atoms with E-state index in [2.05, 4.69) is 10.4 Å². The van der Waals surface area contributed by atoms with E-state index in [1.54, 1.807) is 19.9 Å². The van der Waals surface area contributed by atoms with Gasteiger partial charge in [0.1, 0.15) is 4.88 Å². The van der Waals surface area contributed by atoms with Crippen LogP contribution in [0.5, 0.6) is 0 Å². The third kappa shape index (κ3) is 5.29. The van der Waals surface area contributed by atoms with Crippen LogP contribution in [0.4, 0.5) is 5.00 Å². The zero-order valence-electron chi connectivity index (χ0n) is 16.4. The quantitative estimate of drug-likeness (QED) is 0.703. The molecule has 29 heavy (non-hydrogen) atoms.